The lowest BCUT2D eigenvalue weighted by atomic mass is 10.1. The first kappa shape index (κ1) is 18.6. The Bertz CT molecular complexity index is 902. The molecule has 1 amide bonds. The molecule has 0 heterocycles. The number of nitrogens with one attached hydrogen (secondary N) is 1. The highest BCUT2D eigenvalue weighted by molar-refractivity contribution is 6.05. The highest BCUT2D eigenvalue weighted by Gasteiger charge is 2.19. The van der Waals surface area contributed by atoms with E-state index >= 15 is 0 Å². The molecule has 0 bridgehead atoms. The molecule has 1 N–H and O–H groups in total. The zero-order chi connectivity index (χ0) is 19.1. The van der Waals surface area contributed by atoms with Crippen molar-refractivity contribution in [3.05, 3.63) is 69.3 Å². The first-order valence-corrected chi connectivity index (χ1v) is 7.69. The van der Waals surface area contributed by atoms with Gasteiger partial charge in [0.15, 0.2) is 0 Å². The number of hydrogen-bond acceptors (Lipinski definition) is 6. The zero-order valence-corrected chi connectivity index (χ0v) is 13.9. The molecule has 26 heavy (non-hydrogen) atoms. The van der Waals surface area contributed by atoms with Crippen molar-refractivity contribution in [1.82, 2.24) is 0 Å². The third-order valence-corrected chi connectivity index (χ3v) is 3.41. The summed E-state index contributed by atoms with van der Waals surface area (Å²) < 4.78 is 4.82. The maximum absolute atomic E-state index is 12.3. The predicted molar refractivity (Wildman–Crippen MR) is 92.5 cm³/mol. The molecule has 0 radical (unpaired) electrons. The van der Waals surface area contributed by atoms with Gasteiger partial charge in [0.25, 0.3) is 11.6 Å². The number of hydrogen-bond donors (Lipinski definition) is 1. The van der Waals surface area contributed by atoms with Crippen LogP contribution in [0.15, 0.2) is 42.5 Å². The van der Waals surface area contributed by atoms with Gasteiger partial charge in [-0.05, 0) is 36.8 Å². The zero-order valence-electron chi connectivity index (χ0n) is 13.9. The van der Waals surface area contributed by atoms with E-state index in [1.165, 1.54) is 30.3 Å². The fourth-order valence-corrected chi connectivity index (χ4v) is 2.25. The average Bonchev–Trinajstić information content (AvgIpc) is 2.63. The number of nitrogens with zero attached hydrogens (tertiary/aromatic N) is 2. The molecule has 2 aromatic carbocycles. The average molecular weight is 353 g/mol. The number of nitro benzene ring substituents is 1. The second kappa shape index (κ2) is 8.39. The standard InChI is InChI=1S/C18H15N3O5/c1-2-26-17(22)10-12-6-7-15(16(9-12)21(24)25)20-18(23)14-5-3-4-13(8-14)11-19/h3-9H,2,10H2,1H3,(H,20,23). The van der Waals surface area contributed by atoms with Crippen molar-refractivity contribution >= 4 is 23.3 Å². The monoisotopic (exact) mass is 353 g/mol. The number of carbonyl (C=O) groups excluding carboxylic acids is 2. The van der Waals surface area contributed by atoms with Crippen LogP contribution in [-0.2, 0) is 16.0 Å². The molecular weight excluding hydrogens is 338 g/mol. The van der Waals surface area contributed by atoms with E-state index in [2.05, 4.69) is 5.32 Å². The molecule has 0 saturated heterocycles. The van der Waals surface area contributed by atoms with E-state index in [1.807, 2.05) is 6.07 Å². The predicted octanol–water partition coefficient (Wildman–Crippen LogP) is 2.82. The van der Waals surface area contributed by atoms with Crippen LogP contribution in [0.5, 0.6) is 0 Å². The fraction of sp³-hybridized carbons (Fsp3) is 0.167. The maximum atomic E-state index is 12.3. The van der Waals surface area contributed by atoms with Gasteiger partial charge in [-0.1, -0.05) is 12.1 Å². The molecule has 8 nitrogen and oxygen atoms in total. The lowest BCUT2D eigenvalue weighted by molar-refractivity contribution is -0.384. The van der Waals surface area contributed by atoms with E-state index in [-0.39, 0.29) is 30.0 Å². The minimum Gasteiger partial charge on any atom is -0.466 e. The molecule has 0 unspecified atom stereocenters. The van der Waals surface area contributed by atoms with Gasteiger partial charge >= 0.3 is 5.97 Å². The van der Waals surface area contributed by atoms with Gasteiger partial charge in [0, 0.05) is 11.6 Å². The number of anilines is 1. The number of benzene rings is 2. The van der Waals surface area contributed by atoms with Crippen LogP contribution in [0.4, 0.5) is 11.4 Å². The Balaban J connectivity index is 2.25. The van der Waals surface area contributed by atoms with Crippen molar-refractivity contribution in [2.75, 3.05) is 11.9 Å². The van der Waals surface area contributed by atoms with Crippen molar-refractivity contribution in [1.29, 1.82) is 5.26 Å². The number of rotatable bonds is 6. The Morgan fingerprint density at radius 2 is 2.04 bits per heavy atom. The van der Waals surface area contributed by atoms with E-state index in [0.29, 0.717) is 11.1 Å². The largest absolute Gasteiger partial charge is 0.466 e. The molecule has 0 aliphatic heterocycles. The molecule has 132 valence electrons. The van der Waals surface area contributed by atoms with Crippen LogP contribution in [0.25, 0.3) is 0 Å². The molecule has 0 spiro atoms. The van der Waals surface area contributed by atoms with Crippen molar-refractivity contribution in [3.63, 3.8) is 0 Å². The molecule has 0 saturated carbocycles. The second-order valence-electron chi connectivity index (χ2n) is 5.24. The Labute approximate surface area is 149 Å². The van der Waals surface area contributed by atoms with Crippen molar-refractivity contribution in [2.24, 2.45) is 0 Å². The summed E-state index contributed by atoms with van der Waals surface area (Å²) in [6, 6.07) is 12.0. The van der Waals surface area contributed by atoms with Gasteiger partial charge in [-0.2, -0.15) is 5.26 Å². The van der Waals surface area contributed by atoms with Crippen molar-refractivity contribution in [3.8, 4) is 6.07 Å². The number of nitriles is 1. The highest BCUT2D eigenvalue weighted by atomic mass is 16.6. The second-order valence-corrected chi connectivity index (χ2v) is 5.24. The van der Waals surface area contributed by atoms with Crippen LogP contribution in [0.3, 0.4) is 0 Å². The van der Waals surface area contributed by atoms with Crippen LogP contribution >= 0.6 is 0 Å². The summed E-state index contributed by atoms with van der Waals surface area (Å²) >= 11 is 0. The summed E-state index contributed by atoms with van der Waals surface area (Å²) in [5, 5.41) is 22.6. The van der Waals surface area contributed by atoms with Crippen LogP contribution in [0, 0.1) is 21.4 Å². The Morgan fingerprint density at radius 1 is 1.27 bits per heavy atom. The first-order chi connectivity index (χ1) is 12.4. The summed E-state index contributed by atoms with van der Waals surface area (Å²) in [5.41, 5.74) is 0.567. The van der Waals surface area contributed by atoms with E-state index in [9.17, 15) is 19.7 Å². The van der Waals surface area contributed by atoms with E-state index < -0.39 is 16.8 Å². The Hall–Kier alpha value is -3.73. The van der Waals surface area contributed by atoms with Crippen molar-refractivity contribution in [2.45, 2.75) is 13.3 Å². The Morgan fingerprint density at radius 3 is 2.69 bits per heavy atom. The molecule has 0 atom stereocenters. The fourth-order valence-electron chi connectivity index (χ4n) is 2.25. The normalized spacial score (nSPS) is 9.85. The van der Waals surface area contributed by atoms with E-state index in [1.54, 1.807) is 19.1 Å². The van der Waals surface area contributed by atoms with Crippen LogP contribution in [0.1, 0.15) is 28.4 Å². The molecule has 0 aliphatic carbocycles. The minimum absolute atomic E-state index is 0.00466. The minimum atomic E-state index is -0.643. The summed E-state index contributed by atoms with van der Waals surface area (Å²) in [6.45, 7) is 1.89. The lowest BCUT2D eigenvalue weighted by Crippen LogP contribution is -2.14. The van der Waals surface area contributed by atoms with E-state index in [0.717, 1.165) is 0 Å². The topological polar surface area (TPSA) is 122 Å². The molecular formula is C18H15N3O5. The molecule has 0 aromatic heterocycles. The third kappa shape index (κ3) is 4.64. The Kier molecular flexibility index (Phi) is 6.01. The third-order valence-electron chi connectivity index (χ3n) is 3.41. The lowest BCUT2D eigenvalue weighted by Gasteiger charge is -2.08. The SMILES string of the molecule is CCOC(=O)Cc1ccc(NC(=O)c2cccc(C#N)c2)c([N+](=O)[O-])c1. The van der Waals surface area contributed by atoms with Gasteiger partial charge in [-0.3, -0.25) is 19.7 Å². The quantitative estimate of drug-likeness (QED) is 0.484. The smallest absolute Gasteiger partial charge is 0.310 e. The van der Waals surface area contributed by atoms with E-state index in [4.69, 9.17) is 10.00 Å². The number of nitro groups is 1. The number of esters is 1. The highest BCUT2D eigenvalue weighted by Crippen LogP contribution is 2.26. The van der Waals surface area contributed by atoms with Gasteiger partial charge < -0.3 is 10.1 Å². The molecule has 8 heteroatoms. The number of amides is 1. The van der Waals surface area contributed by atoms with Crippen LogP contribution < -0.4 is 5.32 Å². The van der Waals surface area contributed by atoms with Gasteiger partial charge in [0.2, 0.25) is 0 Å². The molecule has 0 aliphatic rings. The van der Waals surface area contributed by atoms with Crippen molar-refractivity contribution < 1.29 is 19.2 Å². The van der Waals surface area contributed by atoms with Gasteiger partial charge in [0.05, 0.1) is 29.6 Å². The number of carbonyl (C=O) groups is 2. The molecule has 0 fully saturated rings. The summed E-state index contributed by atoms with van der Waals surface area (Å²) in [4.78, 5) is 34.5. The first-order valence-electron chi connectivity index (χ1n) is 7.69. The van der Waals surface area contributed by atoms with Gasteiger partial charge in [0.1, 0.15) is 5.69 Å². The summed E-state index contributed by atoms with van der Waals surface area (Å²) in [5.74, 6) is -1.07. The van der Waals surface area contributed by atoms with Crippen LogP contribution in [0.2, 0.25) is 0 Å². The summed E-state index contributed by atoms with van der Waals surface area (Å²) in [7, 11) is 0. The van der Waals surface area contributed by atoms with Gasteiger partial charge in [-0.25, -0.2) is 0 Å². The number of ether oxygens (including phenoxy) is 1. The summed E-state index contributed by atoms with van der Waals surface area (Å²) in [6.07, 6.45) is -0.104. The van der Waals surface area contributed by atoms with Gasteiger partial charge in [-0.15, -0.1) is 0 Å². The maximum Gasteiger partial charge on any atom is 0.310 e. The van der Waals surface area contributed by atoms with Crippen LogP contribution in [-0.4, -0.2) is 23.4 Å². The molecule has 2 aromatic rings. The molecule has 2 rings (SSSR count).